The van der Waals surface area contributed by atoms with Crippen molar-refractivity contribution in [3.63, 3.8) is 0 Å². The molecule has 2 N–H and O–H groups in total. The molecule has 0 amide bonds. The van der Waals surface area contributed by atoms with Gasteiger partial charge in [-0.15, -0.1) is 0 Å². The molecule has 88 valence electrons. The van der Waals surface area contributed by atoms with Crippen LogP contribution in [0.1, 0.15) is 0 Å². The molecule has 2 rings (SSSR count). The highest BCUT2D eigenvalue weighted by molar-refractivity contribution is 7.89. The van der Waals surface area contributed by atoms with Crippen molar-refractivity contribution >= 4 is 17.9 Å². The van der Waals surface area contributed by atoms with Crippen LogP contribution in [-0.4, -0.2) is 22.9 Å². The molecule has 0 aliphatic rings. The Morgan fingerprint density at radius 3 is 1.29 bits per heavy atom. The van der Waals surface area contributed by atoms with E-state index < -0.39 is 7.26 Å². The van der Waals surface area contributed by atoms with Gasteiger partial charge in [-0.1, -0.05) is 36.4 Å². The van der Waals surface area contributed by atoms with E-state index in [-0.39, 0.29) is 12.7 Å². The van der Waals surface area contributed by atoms with Gasteiger partial charge in [-0.25, -0.2) is 0 Å². The minimum Gasteiger partial charge on any atom is -0.361 e. The lowest BCUT2D eigenvalue weighted by molar-refractivity contribution is 0.342. The van der Waals surface area contributed by atoms with Gasteiger partial charge in [-0.05, 0) is 24.3 Å². The molecule has 0 spiro atoms. The molecule has 17 heavy (non-hydrogen) atoms. The number of aliphatic hydroxyl groups is 2. The van der Waals surface area contributed by atoms with Gasteiger partial charge in [0.15, 0.2) is 12.7 Å². The summed E-state index contributed by atoms with van der Waals surface area (Å²) in [6.45, 7) is 0. The van der Waals surface area contributed by atoms with Crippen LogP contribution in [0, 0.1) is 0 Å². The number of aliphatic hydroxyl groups excluding tert-OH is 2. The van der Waals surface area contributed by atoms with Crippen molar-refractivity contribution in [3.05, 3.63) is 60.7 Å². The Labute approximate surface area is 102 Å². The summed E-state index contributed by atoms with van der Waals surface area (Å²) < 4.78 is 0. The Hall–Kier alpha value is -1.21. The molecule has 0 aliphatic heterocycles. The Balaban J connectivity index is 2.54. The fourth-order valence-electron chi connectivity index (χ4n) is 1.95. The second-order valence-corrected chi connectivity index (χ2v) is 7.46. The zero-order chi connectivity index (χ0) is 12.1. The maximum Gasteiger partial charge on any atom is 0.166 e. The van der Waals surface area contributed by atoms with Crippen LogP contribution >= 0.6 is 7.26 Å². The van der Waals surface area contributed by atoms with Gasteiger partial charge in [0.2, 0.25) is 0 Å². The molecule has 0 radical (unpaired) electrons. The maximum atomic E-state index is 9.77. The van der Waals surface area contributed by atoms with Crippen LogP contribution < -0.4 is 10.6 Å². The van der Waals surface area contributed by atoms with Crippen LogP contribution in [0.2, 0.25) is 0 Å². The predicted molar refractivity (Wildman–Crippen MR) is 73.2 cm³/mol. The smallest absolute Gasteiger partial charge is 0.166 e. The Kier molecular flexibility index (Phi) is 3.90. The van der Waals surface area contributed by atoms with Gasteiger partial charge < -0.3 is 10.2 Å². The molecule has 0 saturated carbocycles. The summed E-state index contributed by atoms with van der Waals surface area (Å²) in [6, 6.07) is 19.6. The maximum absolute atomic E-state index is 9.77. The average Bonchev–Trinajstić information content (AvgIpc) is 2.43. The molecule has 0 saturated heterocycles. The Bertz CT molecular complexity index is 411. The topological polar surface area (TPSA) is 40.5 Å². The highest BCUT2D eigenvalue weighted by Gasteiger charge is 2.41. The average molecular weight is 247 g/mol. The lowest BCUT2D eigenvalue weighted by atomic mass is 10.4. The number of hydrogen-bond acceptors (Lipinski definition) is 2. The minimum atomic E-state index is -2.05. The SMILES string of the molecule is OC[P+](CO)(c1ccccc1)c1ccccc1. The quantitative estimate of drug-likeness (QED) is 0.805. The van der Waals surface area contributed by atoms with Gasteiger partial charge in [-0.3, -0.25) is 0 Å². The highest BCUT2D eigenvalue weighted by Crippen LogP contribution is 2.54. The fourth-order valence-corrected chi connectivity index (χ4v) is 4.47. The molecular formula is C14H16O2P+. The molecule has 0 atom stereocenters. The van der Waals surface area contributed by atoms with Crippen LogP contribution in [0.3, 0.4) is 0 Å². The van der Waals surface area contributed by atoms with E-state index in [0.717, 1.165) is 10.6 Å². The largest absolute Gasteiger partial charge is 0.361 e. The van der Waals surface area contributed by atoms with Crippen molar-refractivity contribution in [2.75, 3.05) is 12.7 Å². The molecule has 0 bridgehead atoms. The lowest BCUT2D eigenvalue weighted by Crippen LogP contribution is -2.27. The second kappa shape index (κ2) is 5.42. The van der Waals surface area contributed by atoms with Crippen molar-refractivity contribution in [2.24, 2.45) is 0 Å². The van der Waals surface area contributed by atoms with Gasteiger partial charge in [0.25, 0.3) is 0 Å². The van der Waals surface area contributed by atoms with E-state index in [4.69, 9.17) is 0 Å². The van der Waals surface area contributed by atoms with Crippen molar-refractivity contribution in [1.82, 2.24) is 0 Å². The monoisotopic (exact) mass is 247 g/mol. The van der Waals surface area contributed by atoms with E-state index in [1.807, 2.05) is 60.7 Å². The first kappa shape index (κ1) is 12.3. The molecule has 0 aromatic heterocycles. The van der Waals surface area contributed by atoms with Gasteiger partial charge in [0.1, 0.15) is 17.9 Å². The lowest BCUT2D eigenvalue weighted by Gasteiger charge is -2.22. The third-order valence-corrected chi connectivity index (χ3v) is 6.52. The van der Waals surface area contributed by atoms with E-state index in [0.29, 0.717) is 0 Å². The molecular weight excluding hydrogens is 231 g/mol. The van der Waals surface area contributed by atoms with Crippen molar-refractivity contribution in [3.8, 4) is 0 Å². The summed E-state index contributed by atoms with van der Waals surface area (Å²) in [4.78, 5) is 0. The Morgan fingerprint density at radius 1 is 0.647 bits per heavy atom. The first-order valence-corrected chi connectivity index (χ1v) is 7.69. The summed E-state index contributed by atoms with van der Waals surface area (Å²) in [7, 11) is -2.05. The first-order chi connectivity index (χ1) is 8.33. The van der Waals surface area contributed by atoms with Gasteiger partial charge in [-0.2, -0.15) is 0 Å². The molecule has 3 heteroatoms. The predicted octanol–water partition coefficient (Wildman–Crippen LogP) is 1.55. The zero-order valence-electron chi connectivity index (χ0n) is 9.53. The molecule has 0 heterocycles. The van der Waals surface area contributed by atoms with E-state index in [2.05, 4.69) is 0 Å². The summed E-state index contributed by atoms with van der Waals surface area (Å²) in [5.74, 6) is 0. The number of hydrogen-bond donors (Lipinski definition) is 2. The molecule has 2 aromatic carbocycles. The normalized spacial score (nSPS) is 11.4. The fraction of sp³-hybridized carbons (Fsp3) is 0.143. The Morgan fingerprint density at radius 2 is 1.00 bits per heavy atom. The summed E-state index contributed by atoms with van der Waals surface area (Å²) in [6.07, 6.45) is -0.00491. The van der Waals surface area contributed by atoms with Crippen LogP contribution in [-0.2, 0) is 0 Å². The molecule has 2 nitrogen and oxygen atoms in total. The zero-order valence-corrected chi connectivity index (χ0v) is 10.4. The number of rotatable bonds is 4. The summed E-state index contributed by atoms with van der Waals surface area (Å²) >= 11 is 0. The van der Waals surface area contributed by atoms with Crippen LogP contribution in [0.4, 0.5) is 0 Å². The second-order valence-electron chi connectivity index (χ2n) is 3.92. The van der Waals surface area contributed by atoms with E-state index in [1.165, 1.54) is 0 Å². The third-order valence-electron chi connectivity index (χ3n) is 2.98. The molecule has 0 fully saturated rings. The van der Waals surface area contributed by atoms with E-state index in [9.17, 15) is 10.2 Å². The summed E-state index contributed by atoms with van der Waals surface area (Å²) in [5.41, 5.74) is 0. The van der Waals surface area contributed by atoms with Crippen LogP contribution in [0.5, 0.6) is 0 Å². The summed E-state index contributed by atoms with van der Waals surface area (Å²) in [5, 5.41) is 21.6. The van der Waals surface area contributed by atoms with Crippen LogP contribution in [0.25, 0.3) is 0 Å². The van der Waals surface area contributed by atoms with Crippen LogP contribution in [0.15, 0.2) is 60.7 Å². The van der Waals surface area contributed by atoms with Crippen molar-refractivity contribution < 1.29 is 10.2 Å². The molecule has 0 unspecified atom stereocenters. The molecule has 0 aliphatic carbocycles. The molecule has 2 aromatic rings. The standard InChI is InChI=1S/C14H16O2P/c15-11-17(12-16,13-7-3-1-4-8-13)14-9-5-2-6-10-14/h1-10,15-16H,11-12H2/q+1. The van der Waals surface area contributed by atoms with Gasteiger partial charge >= 0.3 is 0 Å². The van der Waals surface area contributed by atoms with E-state index in [1.54, 1.807) is 0 Å². The minimum absolute atomic E-state index is 0.00245. The van der Waals surface area contributed by atoms with Crippen molar-refractivity contribution in [2.45, 2.75) is 0 Å². The van der Waals surface area contributed by atoms with Gasteiger partial charge in [0.05, 0.1) is 0 Å². The first-order valence-electron chi connectivity index (χ1n) is 5.53. The highest BCUT2D eigenvalue weighted by atomic mass is 31.2. The van der Waals surface area contributed by atoms with E-state index >= 15 is 0 Å². The van der Waals surface area contributed by atoms with Gasteiger partial charge in [0, 0.05) is 0 Å². The number of benzene rings is 2. The third kappa shape index (κ3) is 2.25. The van der Waals surface area contributed by atoms with Crippen molar-refractivity contribution in [1.29, 1.82) is 0 Å².